The van der Waals surface area contributed by atoms with Crippen molar-refractivity contribution in [1.29, 1.82) is 0 Å². The third-order valence-corrected chi connectivity index (χ3v) is 8.72. The minimum atomic E-state index is -3.63. The molecule has 33 heavy (non-hydrogen) atoms. The fourth-order valence-corrected chi connectivity index (χ4v) is 6.55. The van der Waals surface area contributed by atoms with Crippen molar-refractivity contribution in [3.8, 4) is 0 Å². The first-order valence-electron chi connectivity index (χ1n) is 11.7. The molecule has 1 fully saturated rings. The molecule has 0 N–H and O–H groups in total. The summed E-state index contributed by atoms with van der Waals surface area (Å²) in [5, 5.41) is 0. The van der Waals surface area contributed by atoms with Crippen LogP contribution in [-0.4, -0.2) is 50.9 Å². The molecule has 0 aliphatic carbocycles. The molecule has 2 aromatic carbocycles. The van der Waals surface area contributed by atoms with Gasteiger partial charge in [0.1, 0.15) is 0 Å². The second-order valence-electron chi connectivity index (χ2n) is 10.4. The van der Waals surface area contributed by atoms with Crippen LogP contribution >= 0.6 is 0 Å². The van der Waals surface area contributed by atoms with Crippen LogP contribution in [0.3, 0.4) is 0 Å². The van der Waals surface area contributed by atoms with E-state index in [1.54, 1.807) is 21.3 Å². The van der Waals surface area contributed by atoms with E-state index in [9.17, 15) is 13.2 Å². The summed E-state index contributed by atoms with van der Waals surface area (Å²) < 4.78 is 28.8. The van der Waals surface area contributed by atoms with E-state index >= 15 is 0 Å². The number of hydrogen-bond donors (Lipinski definition) is 0. The number of nitrogens with zero attached hydrogens (tertiary/aromatic N) is 3. The van der Waals surface area contributed by atoms with E-state index in [1.807, 2.05) is 26.0 Å². The third kappa shape index (κ3) is 4.28. The minimum Gasteiger partial charge on any atom is -0.366 e. The third-order valence-electron chi connectivity index (χ3n) is 6.86. The molecule has 4 rings (SSSR count). The highest BCUT2D eigenvalue weighted by molar-refractivity contribution is 7.89. The van der Waals surface area contributed by atoms with Crippen molar-refractivity contribution in [3.05, 3.63) is 53.6 Å². The van der Waals surface area contributed by atoms with E-state index in [0.29, 0.717) is 31.1 Å². The Morgan fingerprint density at radius 1 is 1.09 bits per heavy atom. The van der Waals surface area contributed by atoms with E-state index in [1.165, 1.54) is 5.56 Å². The Balaban J connectivity index is 1.59. The van der Waals surface area contributed by atoms with Crippen molar-refractivity contribution in [2.75, 3.05) is 36.0 Å². The van der Waals surface area contributed by atoms with Gasteiger partial charge in [0.05, 0.1) is 4.90 Å². The summed E-state index contributed by atoms with van der Waals surface area (Å²) >= 11 is 0. The maximum Gasteiger partial charge on any atom is 0.243 e. The number of piperazine rings is 1. The molecule has 2 aliphatic rings. The SMILES string of the molecule is Cc1cccc(N2CCN(S(=O)(=O)c3ccc4c(c3)C(C)(C)CN4C(=O)C(C)C)CC2C)c1. The molecule has 7 heteroatoms. The Labute approximate surface area is 198 Å². The molecule has 6 nitrogen and oxygen atoms in total. The van der Waals surface area contributed by atoms with Gasteiger partial charge in [0.25, 0.3) is 0 Å². The average Bonchev–Trinajstić information content (AvgIpc) is 3.03. The summed E-state index contributed by atoms with van der Waals surface area (Å²) in [6.45, 7) is 14.2. The number of carbonyl (C=O) groups excluding carboxylic acids is 1. The predicted molar refractivity (Wildman–Crippen MR) is 133 cm³/mol. The molecule has 1 unspecified atom stereocenters. The first kappa shape index (κ1) is 23.8. The van der Waals surface area contributed by atoms with Crippen molar-refractivity contribution < 1.29 is 13.2 Å². The normalized spacial score (nSPS) is 20.9. The van der Waals surface area contributed by atoms with Crippen molar-refractivity contribution in [2.45, 2.75) is 57.9 Å². The van der Waals surface area contributed by atoms with Gasteiger partial charge in [0.2, 0.25) is 15.9 Å². The number of carbonyl (C=O) groups is 1. The molecule has 1 saturated heterocycles. The number of rotatable bonds is 4. The molecule has 2 aliphatic heterocycles. The molecule has 0 bridgehead atoms. The van der Waals surface area contributed by atoms with Gasteiger partial charge in [-0.15, -0.1) is 0 Å². The minimum absolute atomic E-state index is 0.0681. The summed E-state index contributed by atoms with van der Waals surface area (Å²) in [6.07, 6.45) is 0. The molecule has 1 atom stereocenters. The van der Waals surface area contributed by atoms with Crippen molar-refractivity contribution >= 4 is 27.3 Å². The molecule has 0 radical (unpaired) electrons. The smallest absolute Gasteiger partial charge is 0.243 e. The largest absolute Gasteiger partial charge is 0.366 e. The van der Waals surface area contributed by atoms with Gasteiger partial charge in [-0.2, -0.15) is 4.31 Å². The van der Waals surface area contributed by atoms with Gasteiger partial charge >= 0.3 is 0 Å². The zero-order valence-electron chi connectivity index (χ0n) is 20.5. The quantitative estimate of drug-likeness (QED) is 0.674. The number of sulfonamides is 1. The summed E-state index contributed by atoms with van der Waals surface area (Å²) in [6, 6.07) is 13.7. The second kappa shape index (κ2) is 8.44. The number of aryl methyl sites for hydroxylation is 1. The van der Waals surface area contributed by atoms with Crippen LogP contribution in [0.1, 0.15) is 45.7 Å². The summed E-state index contributed by atoms with van der Waals surface area (Å²) in [5.41, 5.74) is 3.77. The lowest BCUT2D eigenvalue weighted by molar-refractivity contribution is -0.121. The molecule has 0 aromatic heterocycles. The van der Waals surface area contributed by atoms with Crippen LogP contribution in [0.2, 0.25) is 0 Å². The topological polar surface area (TPSA) is 60.9 Å². The van der Waals surface area contributed by atoms with Gasteiger partial charge in [-0.3, -0.25) is 4.79 Å². The monoisotopic (exact) mass is 469 g/mol. The van der Waals surface area contributed by atoms with Crippen LogP contribution in [-0.2, 0) is 20.2 Å². The molecular weight excluding hydrogens is 434 g/mol. The number of fused-ring (bicyclic) bond motifs is 1. The molecule has 2 aromatic rings. The molecule has 1 amide bonds. The second-order valence-corrected chi connectivity index (χ2v) is 12.3. The lowest BCUT2D eigenvalue weighted by Gasteiger charge is -2.40. The molecule has 0 spiro atoms. The number of anilines is 2. The van der Waals surface area contributed by atoms with Gasteiger partial charge in [-0.05, 0) is 55.3 Å². The van der Waals surface area contributed by atoms with Crippen LogP contribution in [0.5, 0.6) is 0 Å². The fraction of sp³-hybridized carbons (Fsp3) is 0.500. The Hall–Kier alpha value is -2.38. The van der Waals surface area contributed by atoms with E-state index in [-0.39, 0.29) is 23.3 Å². The highest BCUT2D eigenvalue weighted by Crippen LogP contribution is 2.42. The first-order chi connectivity index (χ1) is 15.4. The highest BCUT2D eigenvalue weighted by atomic mass is 32.2. The van der Waals surface area contributed by atoms with Crippen molar-refractivity contribution in [1.82, 2.24) is 4.31 Å². The van der Waals surface area contributed by atoms with Crippen molar-refractivity contribution in [3.63, 3.8) is 0 Å². The molecule has 2 heterocycles. The van der Waals surface area contributed by atoms with Crippen LogP contribution in [0.4, 0.5) is 11.4 Å². The van der Waals surface area contributed by atoms with E-state index in [0.717, 1.165) is 16.9 Å². The molecule has 0 saturated carbocycles. The lowest BCUT2D eigenvalue weighted by atomic mass is 9.87. The van der Waals surface area contributed by atoms with E-state index in [4.69, 9.17) is 0 Å². The first-order valence-corrected chi connectivity index (χ1v) is 13.2. The number of benzene rings is 2. The van der Waals surface area contributed by atoms with Gasteiger partial charge in [0.15, 0.2) is 0 Å². The zero-order valence-corrected chi connectivity index (χ0v) is 21.3. The Kier molecular flexibility index (Phi) is 6.08. The maximum absolute atomic E-state index is 13.6. The number of hydrogen-bond acceptors (Lipinski definition) is 4. The Morgan fingerprint density at radius 2 is 1.82 bits per heavy atom. The Morgan fingerprint density at radius 3 is 2.45 bits per heavy atom. The van der Waals surface area contributed by atoms with Crippen LogP contribution in [0, 0.1) is 12.8 Å². The highest BCUT2D eigenvalue weighted by Gasteiger charge is 2.40. The zero-order chi connectivity index (χ0) is 24.1. The van der Waals surface area contributed by atoms with Gasteiger partial charge in [-0.1, -0.05) is 39.8 Å². The standard InChI is InChI=1S/C26H35N3O3S/c1-18(2)25(30)29-17-26(5,6)23-15-22(10-11-24(23)29)33(31,32)27-12-13-28(20(4)16-27)21-9-7-8-19(3)14-21/h7-11,14-15,18,20H,12-13,16-17H2,1-6H3. The van der Waals surface area contributed by atoms with Gasteiger partial charge in [0, 0.05) is 54.9 Å². The van der Waals surface area contributed by atoms with Crippen LogP contribution < -0.4 is 9.80 Å². The van der Waals surface area contributed by atoms with Crippen molar-refractivity contribution in [2.24, 2.45) is 5.92 Å². The fourth-order valence-electron chi connectivity index (χ4n) is 5.01. The van der Waals surface area contributed by atoms with Crippen LogP contribution in [0.15, 0.2) is 47.4 Å². The predicted octanol–water partition coefficient (Wildman–Crippen LogP) is 4.17. The summed E-state index contributed by atoms with van der Waals surface area (Å²) in [5.74, 6) is -0.0418. The lowest BCUT2D eigenvalue weighted by Crippen LogP contribution is -2.53. The summed E-state index contributed by atoms with van der Waals surface area (Å²) in [4.78, 5) is 17.1. The average molecular weight is 470 g/mol. The molecule has 178 valence electrons. The van der Waals surface area contributed by atoms with Gasteiger partial charge < -0.3 is 9.80 Å². The van der Waals surface area contributed by atoms with Gasteiger partial charge in [-0.25, -0.2) is 8.42 Å². The number of amides is 1. The maximum atomic E-state index is 13.6. The van der Waals surface area contributed by atoms with Crippen LogP contribution in [0.25, 0.3) is 0 Å². The van der Waals surface area contributed by atoms with E-state index < -0.39 is 10.0 Å². The summed E-state index contributed by atoms with van der Waals surface area (Å²) in [7, 11) is -3.63. The Bertz CT molecular complexity index is 1170. The van der Waals surface area contributed by atoms with E-state index in [2.05, 4.69) is 50.8 Å². The molecular formula is C26H35N3O3S.